The SMILES string of the molecule is O=C(Cn1c(=O)cnc2ccccc21)Nc1cccc(OCCn2cccn2)c1. The van der Waals surface area contributed by atoms with Crippen molar-refractivity contribution in [3.05, 3.63) is 83.5 Å². The van der Waals surface area contributed by atoms with Crippen LogP contribution in [0, 0.1) is 0 Å². The second-order valence-electron chi connectivity index (χ2n) is 6.36. The van der Waals surface area contributed by atoms with Crippen molar-refractivity contribution < 1.29 is 9.53 Å². The first-order valence-electron chi connectivity index (χ1n) is 9.14. The fourth-order valence-electron chi connectivity index (χ4n) is 2.98. The zero-order valence-corrected chi connectivity index (χ0v) is 15.6. The highest BCUT2D eigenvalue weighted by Gasteiger charge is 2.09. The van der Waals surface area contributed by atoms with Gasteiger partial charge in [-0.3, -0.25) is 18.8 Å². The Bertz CT molecular complexity index is 1180. The van der Waals surface area contributed by atoms with Gasteiger partial charge in [0.25, 0.3) is 5.56 Å². The van der Waals surface area contributed by atoms with E-state index in [-0.39, 0.29) is 18.0 Å². The first-order chi connectivity index (χ1) is 14.2. The van der Waals surface area contributed by atoms with E-state index < -0.39 is 0 Å². The second-order valence-corrected chi connectivity index (χ2v) is 6.36. The molecular formula is C21H19N5O3. The van der Waals surface area contributed by atoms with Gasteiger partial charge in [0.2, 0.25) is 5.91 Å². The van der Waals surface area contributed by atoms with Crippen LogP contribution in [0.25, 0.3) is 11.0 Å². The van der Waals surface area contributed by atoms with Gasteiger partial charge in [-0.2, -0.15) is 5.10 Å². The number of carbonyl (C=O) groups is 1. The first-order valence-corrected chi connectivity index (χ1v) is 9.14. The summed E-state index contributed by atoms with van der Waals surface area (Å²) in [6.45, 7) is 0.978. The molecule has 0 spiro atoms. The average Bonchev–Trinajstić information content (AvgIpc) is 3.24. The maximum atomic E-state index is 12.5. The van der Waals surface area contributed by atoms with Gasteiger partial charge < -0.3 is 10.1 Å². The minimum absolute atomic E-state index is 0.105. The Labute approximate surface area is 166 Å². The molecule has 146 valence electrons. The summed E-state index contributed by atoms with van der Waals surface area (Å²) < 4.78 is 8.91. The Morgan fingerprint density at radius 3 is 2.86 bits per heavy atom. The maximum absolute atomic E-state index is 12.5. The lowest BCUT2D eigenvalue weighted by Crippen LogP contribution is -2.28. The number of benzene rings is 2. The summed E-state index contributed by atoms with van der Waals surface area (Å²) in [4.78, 5) is 28.8. The van der Waals surface area contributed by atoms with Crippen molar-refractivity contribution in [1.82, 2.24) is 19.3 Å². The zero-order valence-electron chi connectivity index (χ0n) is 15.6. The van der Waals surface area contributed by atoms with Crippen molar-refractivity contribution in [3.63, 3.8) is 0 Å². The van der Waals surface area contributed by atoms with Gasteiger partial charge in [-0.25, -0.2) is 4.98 Å². The highest BCUT2D eigenvalue weighted by atomic mass is 16.5. The second kappa shape index (κ2) is 8.39. The zero-order chi connectivity index (χ0) is 20.1. The van der Waals surface area contributed by atoms with Crippen LogP contribution < -0.4 is 15.6 Å². The predicted octanol–water partition coefficient (Wildman–Crippen LogP) is 2.31. The number of carbonyl (C=O) groups excluding carboxylic acids is 1. The van der Waals surface area contributed by atoms with Gasteiger partial charge in [0, 0.05) is 24.1 Å². The molecule has 8 heteroatoms. The number of hydrogen-bond acceptors (Lipinski definition) is 5. The quantitative estimate of drug-likeness (QED) is 0.524. The van der Waals surface area contributed by atoms with Gasteiger partial charge in [0.05, 0.1) is 23.8 Å². The molecule has 4 aromatic rings. The topological polar surface area (TPSA) is 91.0 Å². The van der Waals surface area contributed by atoms with Crippen LogP contribution in [0.3, 0.4) is 0 Å². The van der Waals surface area contributed by atoms with E-state index in [1.807, 2.05) is 30.5 Å². The Morgan fingerprint density at radius 1 is 1.10 bits per heavy atom. The Kier molecular flexibility index (Phi) is 5.33. The summed E-state index contributed by atoms with van der Waals surface area (Å²) in [5.74, 6) is 0.332. The molecule has 1 N–H and O–H groups in total. The summed E-state index contributed by atoms with van der Waals surface area (Å²) in [5, 5.41) is 6.93. The molecule has 2 heterocycles. The van der Waals surface area contributed by atoms with E-state index in [1.54, 1.807) is 41.2 Å². The molecule has 0 atom stereocenters. The molecular weight excluding hydrogens is 370 g/mol. The minimum atomic E-state index is -0.324. The molecule has 4 rings (SSSR count). The standard InChI is InChI=1S/C21H19N5O3/c27-20(15-26-19-8-2-1-7-18(19)22-14-21(26)28)24-16-5-3-6-17(13-16)29-12-11-25-10-4-9-23-25/h1-10,13-14H,11-12,15H2,(H,24,27). The molecule has 0 aliphatic rings. The van der Waals surface area contributed by atoms with Crippen molar-refractivity contribution >= 4 is 22.6 Å². The van der Waals surface area contributed by atoms with E-state index in [0.717, 1.165) is 0 Å². The summed E-state index contributed by atoms with van der Waals surface area (Å²) in [5.41, 5.74) is 1.55. The fourth-order valence-corrected chi connectivity index (χ4v) is 2.98. The van der Waals surface area contributed by atoms with Gasteiger partial charge in [0.1, 0.15) is 18.9 Å². The lowest BCUT2D eigenvalue weighted by molar-refractivity contribution is -0.116. The Morgan fingerprint density at radius 2 is 2.00 bits per heavy atom. The van der Waals surface area contributed by atoms with Gasteiger partial charge >= 0.3 is 0 Å². The largest absolute Gasteiger partial charge is 0.492 e. The number of amides is 1. The number of rotatable bonds is 7. The monoisotopic (exact) mass is 389 g/mol. The van der Waals surface area contributed by atoms with Crippen molar-refractivity contribution in [3.8, 4) is 5.75 Å². The lowest BCUT2D eigenvalue weighted by atomic mass is 10.3. The molecule has 1 amide bonds. The van der Waals surface area contributed by atoms with E-state index in [2.05, 4.69) is 15.4 Å². The highest BCUT2D eigenvalue weighted by Crippen LogP contribution is 2.17. The van der Waals surface area contributed by atoms with Crippen LogP contribution >= 0.6 is 0 Å². The summed E-state index contributed by atoms with van der Waals surface area (Å²) in [6, 6.07) is 16.2. The van der Waals surface area contributed by atoms with Crippen LogP contribution in [0.5, 0.6) is 5.75 Å². The van der Waals surface area contributed by atoms with E-state index >= 15 is 0 Å². The molecule has 0 unspecified atom stereocenters. The minimum Gasteiger partial charge on any atom is -0.492 e. The first kappa shape index (κ1) is 18.4. The number of nitrogens with zero attached hydrogens (tertiary/aromatic N) is 4. The maximum Gasteiger partial charge on any atom is 0.269 e. The molecule has 0 saturated heterocycles. The van der Waals surface area contributed by atoms with E-state index in [0.29, 0.717) is 35.6 Å². The molecule has 0 saturated carbocycles. The number of aromatic nitrogens is 4. The molecule has 0 radical (unpaired) electrons. The van der Waals surface area contributed by atoms with Crippen LogP contribution in [-0.2, 0) is 17.9 Å². The van der Waals surface area contributed by atoms with E-state index in [1.165, 1.54) is 10.8 Å². The molecule has 0 aliphatic carbocycles. The number of para-hydroxylation sites is 2. The smallest absolute Gasteiger partial charge is 0.269 e. The fraction of sp³-hybridized carbons (Fsp3) is 0.143. The molecule has 0 bridgehead atoms. The number of fused-ring (bicyclic) bond motifs is 1. The highest BCUT2D eigenvalue weighted by molar-refractivity contribution is 5.91. The van der Waals surface area contributed by atoms with Crippen LogP contribution in [0.4, 0.5) is 5.69 Å². The molecule has 0 aliphatic heterocycles. The van der Waals surface area contributed by atoms with Gasteiger partial charge in [0.15, 0.2) is 0 Å². The average molecular weight is 389 g/mol. The third kappa shape index (κ3) is 4.49. The Hall–Kier alpha value is -3.94. The van der Waals surface area contributed by atoms with Crippen LogP contribution in [0.2, 0.25) is 0 Å². The molecule has 8 nitrogen and oxygen atoms in total. The van der Waals surface area contributed by atoms with Crippen LogP contribution in [-0.4, -0.2) is 31.8 Å². The predicted molar refractivity (Wildman–Crippen MR) is 109 cm³/mol. The molecule has 0 fully saturated rings. The van der Waals surface area contributed by atoms with Crippen molar-refractivity contribution in [2.75, 3.05) is 11.9 Å². The summed E-state index contributed by atoms with van der Waals surface area (Å²) in [7, 11) is 0. The number of anilines is 1. The van der Waals surface area contributed by atoms with Crippen LogP contribution in [0.15, 0.2) is 78.0 Å². The third-order valence-corrected chi connectivity index (χ3v) is 4.32. The van der Waals surface area contributed by atoms with E-state index in [9.17, 15) is 9.59 Å². The summed E-state index contributed by atoms with van der Waals surface area (Å²) >= 11 is 0. The van der Waals surface area contributed by atoms with Crippen molar-refractivity contribution in [1.29, 1.82) is 0 Å². The lowest BCUT2D eigenvalue weighted by Gasteiger charge is -2.11. The summed E-state index contributed by atoms with van der Waals surface area (Å²) in [6.07, 6.45) is 4.81. The molecule has 2 aromatic carbocycles. The third-order valence-electron chi connectivity index (χ3n) is 4.32. The van der Waals surface area contributed by atoms with Crippen molar-refractivity contribution in [2.45, 2.75) is 13.1 Å². The van der Waals surface area contributed by atoms with Crippen molar-refractivity contribution in [2.24, 2.45) is 0 Å². The van der Waals surface area contributed by atoms with Gasteiger partial charge in [-0.05, 0) is 30.3 Å². The van der Waals surface area contributed by atoms with Gasteiger partial charge in [-0.1, -0.05) is 18.2 Å². The number of ether oxygens (including phenoxy) is 1. The number of nitrogens with one attached hydrogen (secondary N) is 1. The Balaban J connectivity index is 1.41. The van der Waals surface area contributed by atoms with Gasteiger partial charge in [-0.15, -0.1) is 0 Å². The molecule has 29 heavy (non-hydrogen) atoms. The molecule has 2 aromatic heterocycles. The van der Waals surface area contributed by atoms with Crippen LogP contribution in [0.1, 0.15) is 0 Å². The van der Waals surface area contributed by atoms with E-state index in [4.69, 9.17) is 4.74 Å². The number of hydrogen-bond donors (Lipinski definition) is 1. The normalized spacial score (nSPS) is 10.8.